The zero-order chi connectivity index (χ0) is 35.8. The first-order valence-electron chi connectivity index (χ1n) is 15.5. The summed E-state index contributed by atoms with van der Waals surface area (Å²) in [5, 5.41) is 3.16. The van der Waals surface area contributed by atoms with E-state index in [0.29, 0.717) is 24.6 Å². The molecule has 0 aliphatic carbocycles. The molecule has 0 bridgehead atoms. The Morgan fingerprint density at radius 2 is 1.47 bits per heavy atom. The smallest absolute Gasteiger partial charge is 0.310 e. The molecule has 0 unspecified atom stereocenters. The maximum atomic E-state index is 17.1. The molecular weight excluding hydrogens is 630 g/mol. The molecule has 0 radical (unpaired) electrons. The molecule has 0 saturated carbocycles. The maximum Gasteiger partial charge on any atom is 0.416 e. The van der Waals surface area contributed by atoms with Crippen molar-refractivity contribution >= 4 is 0 Å². The van der Waals surface area contributed by atoms with Gasteiger partial charge < -0.3 is 14.8 Å². The van der Waals surface area contributed by atoms with Gasteiger partial charge in [0.1, 0.15) is 11.6 Å². The summed E-state index contributed by atoms with van der Waals surface area (Å²) in [7, 11) is 3.56. The highest BCUT2D eigenvalue weighted by molar-refractivity contribution is 5.74. The molecule has 4 nitrogen and oxygen atoms in total. The number of aromatic nitrogens is 1. The SMILES string of the molecule is CCN[C@](c1c(F)c(C)cc(-c2c(C)ccc(C(F)(F)F)c2C)c1F)(C(C)C)[C@H](C)n1cc(CCCN(C)C)c(C(F)(F)F)cc1=O. The van der Waals surface area contributed by atoms with Crippen LogP contribution in [-0.4, -0.2) is 36.7 Å². The standard InChI is InChI=1S/C35H43F8N3O/c1-10-44-33(19(2)3,23(7)46-18-24(12-11-15-45(8)9)27(17-28(46)47)35(41,42)43)30-31(36)21(5)16-25(32(30)37)29-20(4)13-14-26(22(29)6)34(38,39)40/h13-14,16-19,23,44H,10-12,15H2,1-9H3/t23-,33+/m0/s1. The minimum absolute atomic E-state index is 0.0126. The number of pyridine rings is 1. The summed E-state index contributed by atoms with van der Waals surface area (Å²) in [6.45, 7) is 11.3. The van der Waals surface area contributed by atoms with Crippen molar-refractivity contribution in [2.45, 2.75) is 85.2 Å². The minimum atomic E-state index is -4.81. The van der Waals surface area contributed by atoms with Gasteiger partial charge in [0.25, 0.3) is 5.56 Å². The van der Waals surface area contributed by atoms with Gasteiger partial charge >= 0.3 is 12.4 Å². The number of rotatable bonds is 11. The molecule has 1 heterocycles. The summed E-state index contributed by atoms with van der Waals surface area (Å²) in [4.78, 5) is 15.3. The Balaban J connectivity index is 2.43. The summed E-state index contributed by atoms with van der Waals surface area (Å²) in [6.07, 6.45) is -8.08. The van der Waals surface area contributed by atoms with Gasteiger partial charge in [0, 0.05) is 23.4 Å². The molecular formula is C35H43F8N3O. The molecule has 0 fully saturated rings. The van der Waals surface area contributed by atoms with Crippen molar-refractivity contribution in [1.29, 1.82) is 0 Å². The van der Waals surface area contributed by atoms with Crippen LogP contribution >= 0.6 is 0 Å². The van der Waals surface area contributed by atoms with Crippen molar-refractivity contribution in [3.05, 3.63) is 91.4 Å². The van der Waals surface area contributed by atoms with Crippen molar-refractivity contribution in [2.75, 3.05) is 27.2 Å². The Bertz CT molecular complexity index is 1660. The number of hydrogen-bond donors (Lipinski definition) is 1. The number of likely N-dealkylation sites (N-methyl/N-ethyl adjacent to an activating group) is 1. The number of alkyl halides is 6. The van der Waals surface area contributed by atoms with Crippen LogP contribution < -0.4 is 10.9 Å². The predicted molar refractivity (Wildman–Crippen MR) is 168 cm³/mol. The van der Waals surface area contributed by atoms with Crippen molar-refractivity contribution in [3.63, 3.8) is 0 Å². The second kappa shape index (κ2) is 14.1. The van der Waals surface area contributed by atoms with Gasteiger partial charge in [-0.15, -0.1) is 0 Å². The number of halogens is 8. The molecule has 0 saturated heterocycles. The highest BCUT2D eigenvalue weighted by Crippen LogP contribution is 2.47. The summed E-state index contributed by atoms with van der Waals surface area (Å²) < 4.78 is 119. The Morgan fingerprint density at radius 3 is 1.98 bits per heavy atom. The zero-order valence-corrected chi connectivity index (χ0v) is 28.2. The van der Waals surface area contributed by atoms with Crippen LogP contribution in [0.25, 0.3) is 11.1 Å². The fourth-order valence-corrected chi connectivity index (χ4v) is 6.76. The van der Waals surface area contributed by atoms with Gasteiger partial charge in [0.05, 0.1) is 22.7 Å². The molecule has 0 amide bonds. The quantitative estimate of drug-likeness (QED) is 0.207. The summed E-state index contributed by atoms with van der Waals surface area (Å²) in [5.41, 5.74) is -5.68. The Hall–Kier alpha value is -3.25. The average molecular weight is 674 g/mol. The van der Waals surface area contributed by atoms with E-state index in [9.17, 15) is 31.1 Å². The third-order valence-electron chi connectivity index (χ3n) is 9.02. The largest absolute Gasteiger partial charge is 0.416 e. The van der Waals surface area contributed by atoms with Gasteiger partial charge in [-0.3, -0.25) is 4.79 Å². The lowest BCUT2D eigenvalue weighted by Crippen LogP contribution is -2.55. The van der Waals surface area contributed by atoms with E-state index in [1.54, 1.807) is 34.9 Å². The highest BCUT2D eigenvalue weighted by atomic mass is 19.4. The van der Waals surface area contributed by atoms with Gasteiger partial charge in [-0.1, -0.05) is 26.8 Å². The van der Waals surface area contributed by atoms with Gasteiger partial charge in [-0.25, -0.2) is 8.78 Å². The minimum Gasteiger partial charge on any atom is -0.310 e. The third-order valence-corrected chi connectivity index (χ3v) is 9.02. The number of aryl methyl sites for hydroxylation is 3. The van der Waals surface area contributed by atoms with Crippen LogP contribution in [0, 0.1) is 38.3 Å². The Morgan fingerprint density at radius 1 is 0.872 bits per heavy atom. The normalized spacial score (nSPS) is 14.6. The van der Waals surface area contributed by atoms with Crippen LogP contribution in [0.1, 0.15) is 79.1 Å². The van der Waals surface area contributed by atoms with E-state index in [1.165, 1.54) is 39.8 Å². The van der Waals surface area contributed by atoms with E-state index in [4.69, 9.17) is 0 Å². The molecule has 2 aromatic carbocycles. The first kappa shape index (κ1) is 38.2. The van der Waals surface area contributed by atoms with Crippen LogP contribution in [-0.2, 0) is 24.3 Å². The van der Waals surface area contributed by atoms with Crippen LogP contribution in [0.3, 0.4) is 0 Å². The number of benzene rings is 2. The van der Waals surface area contributed by atoms with E-state index in [0.717, 1.165) is 16.8 Å². The van der Waals surface area contributed by atoms with E-state index in [1.807, 2.05) is 4.90 Å². The fourth-order valence-electron chi connectivity index (χ4n) is 6.76. The van der Waals surface area contributed by atoms with Gasteiger partial charge in [0.2, 0.25) is 0 Å². The molecule has 260 valence electrons. The van der Waals surface area contributed by atoms with Gasteiger partial charge in [0.15, 0.2) is 0 Å². The molecule has 47 heavy (non-hydrogen) atoms. The number of nitrogens with zero attached hydrogens (tertiary/aromatic N) is 2. The predicted octanol–water partition coefficient (Wildman–Crippen LogP) is 8.97. The second-order valence-corrected chi connectivity index (χ2v) is 12.8. The molecule has 0 spiro atoms. The second-order valence-electron chi connectivity index (χ2n) is 12.8. The average Bonchev–Trinajstić information content (AvgIpc) is 2.93. The lowest BCUT2D eigenvalue weighted by atomic mass is 9.72. The third kappa shape index (κ3) is 7.43. The number of nitrogens with one attached hydrogen (secondary N) is 1. The van der Waals surface area contributed by atoms with Crippen molar-refractivity contribution in [1.82, 2.24) is 14.8 Å². The molecule has 0 aliphatic heterocycles. The van der Waals surface area contributed by atoms with Crippen molar-refractivity contribution < 1.29 is 35.1 Å². The van der Waals surface area contributed by atoms with Crippen LogP contribution in [0.15, 0.2) is 35.3 Å². The van der Waals surface area contributed by atoms with E-state index in [2.05, 4.69) is 5.32 Å². The van der Waals surface area contributed by atoms with Gasteiger partial charge in [-0.2, -0.15) is 26.3 Å². The zero-order valence-electron chi connectivity index (χ0n) is 28.2. The van der Waals surface area contributed by atoms with Crippen LogP contribution in [0.2, 0.25) is 0 Å². The first-order chi connectivity index (χ1) is 21.6. The highest BCUT2D eigenvalue weighted by Gasteiger charge is 2.47. The molecule has 0 aliphatic rings. The van der Waals surface area contributed by atoms with E-state index in [-0.39, 0.29) is 40.8 Å². The lowest BCUT2D eigenvalue weighted by molar-refractivity contribution is -0.139. The molecule has 3 rings (SSSR count). The lowest BCUT2D eigenvalue weighted by Gasteiger charge is -2.45. The maximum absolute atomic E-state index is 17.1. The fraction of sp³-hybridized carbons (Fsp3) is 0.514. The first-order valence-corrected chi connectivity index (χ1v) is 15.5. The van der Waals surface area contributed by atoms with Crippen molar-refractivity contribution in [2.24, 2.45) is 5.92 Å². The molecule has 1 N–H and O–H groups in total. The van der Waals surface area contributed by atoms with Crippen LogP contribution in [0.5, 0.6) is 0 Å². The summed E-state index contributed by atoms with van der Waals surface area (Å²) in [5.74, 6) is -2.77. The summed E-state index contributed by atoms with van der Waals surface area (Å²) in [6, 6.07) is 2.66. The van der Waals surface area contributed by atoms with Crippen LogP contribution in [0.4, 0.5) is 35.1 Å². The topological polar surface area (TPSA) is 37.3 Å². The van der Waals surface area contributed by atoms with E-state index < -0.39 is 63.7 Å². The molecule has 12 heteroatoms. The van der Waals surface area contributed by atoms with Crippen molar-refractivity contribution in [3.8, 4) is 11.1 Å². The molecule has 3 aromatic rings. The monoisotopic (exact) mass is 673 g/mol. The number of hydrogen-bond acceptors (Lipinski definition) is 3. The summed E-state index contributed by atoms with van der Waals surface area (Å²) >= 11 is 0. The molecule has 2 atom stereocenters. The Kier molecular flexibility index (Phi) is 11.4. The Labute approximate surface area is 270 Å². The van der Waals surface area contributed by atoms with Gasteiger partial charge in [-0.05, 0) is 114 Å². The molecule has 1 aromatic heterocycles. The van der Waals surface area contributed by atoms with E-state index >= 15 is 8.78 Å².